The Bertz CT molecular complexity index is 1330. The molecule has 0 aromatic heterocycles. The van der Waals surface area contributed by atoms with E-state index in [0.29, 0.717) is 63.6 Å². The fraction of sp³-hybridized carbons (Fsp3) is 0.474. The van der Waals surface area contributed by atoms with Crippen LogP contribution in [0.5, 0.6) is 23.0 Å². The van der Waals surface area contributed by atoms with E-state index in [-0.39, 0.29) is 11.5 Å². The van der Waals surface area contributed by atoms with E-state index in [0.717, 1.165) is 63.5 Å². The maximum atomic E-state index is 14.7. The van der Waals surface area contributed by atoms with Crippen LogP contribution in [0, 0.1) is 23.5 Å². The third-order valence-electron chi connectivity index (χ3n) is 8.06. The van der Waals surface area contributed by atoms with Gasteiger partial charge in [0.25, 0.3) is 0 Å². The Hall–Kier alpha value is -4.74. The Kier molecular flexibility index (Phi) is 17.5. The van der Waals surface area contributed by atoms with Crippen molar-refractivity contribution >= 4 is 23.9 Å². The Morgan fingerprint density at radius 2 is 0.940 bits per heavy atom. The van der Waals surface area contributed by atoms with Crippen LogP contribution in [0.2, 0.25) is 0 Å². The molecule has 0 aliphatic heterocycles. The van der Waals surface area contributed by atoms with Crippen molar-refractivity contribution in [3.8, 4) is 23.0 Å². The highest BCUT2D eigenvalue weighted by atomic mass is 19.1. The molecule has 50 heavy (non-hydrogen) atoms. The highest BCUT2D eigenvalue weighted by molar-refractivity contribution is 5.81. The maximum absolute atomic E-state index is 14.7. The quantitative estimate of drug-likeness (QED) is 0.0525. The van der Waals surface area contributed by atoms with E-state index in [4.69, 9.17) is 28.4 Å². The van der Waals surface area contributed by atoms with Gasteiger partial charge in [0.05, 0.1) is 38.3 Å². The van der Waals surface area contributed by atoms with Gasteiger partial charge in [0.1, 0.15) is 11.5 Å². The molecule has 0 N–H and O–H groups in total. The molecule has 1 aliphatic carbocycles. The van der Waals surface area contributed by atoms with Crippen LogP contribution in [0.15, 0.2) is 61.7 Å². The second kappa shape index (κ2) is 22.1. The second-order valence-electron chi connectivity index (χ2n) is 11.8. The van der Waals surface area contributed by atoms with Crippen molar-refractivity contribution in [3.63, 3.8) is 0 Å². The molecule has 0 bridgehead atoms. The molecule has 2 aromatic carbocycles. The van der Waals surface area contributed by atoms with Gasteiger partial charge >= 0.3 is 23.9 Å². The minimum absolute atomic E-state index is 0.204. The number of rotatable bonds is 22. The largest absolute Gasteiger partial charge is 0.493 e. The molecule has 12 heteroatoms. The zero-order chi connectivity index (χ0) is 36.1. The lowest BCUT2D eigenvalue weighted by Crippen LogP contribution is -2.30. The maximum Gasteiger partial charge on any atom is 0.330 e. The monoisotopic (exact) mass is 700 g/mol. The molecule has 0 radical (unpaired) electrons. The number of benzene rings is 2. The van der Waals surface area contributed by atoms with Crippen LogP contribution < -0.4 is 18.9 Å². The molecule has 0 amide bonds. The highest BCUT2D eigenvalue weighted by Crippen LogP contribution is 2.33. The van der Waals surface area contributed by atoms with Gasteiger partial charge in [-0.3, -0.25) is 9.59 Å². The Morgan fingerprint density at radius 1 is 0.580 bits per heavy atom. The van der Waals surface area contributed by atoms with Crippen molar-refractivity contribution < 1.29 is 56.4 Å². The fourth-order valence-corrected chi connectivity index (χ4v) is 5.22. The number of carbonyl (C=O) groups is 4. The molecular formula is C38H46F2O10. The van der Waals surface area contributed by atoms with Crippen LogP contribution in [0.25, 0.3) is 0 Å². The minimum atomic E-state index is -0.726. The summed E-state index contributed by atoms with van der Waals surface area (Å²) in [5.74, 6) is -4.32. The molecule has 0 spiro atoms. The fourth-order valence-electron chi connectivity index (χ4n) is 5.22. The number of ether oxygens (including phenoxy) is 6. The predicted molar refractivity (Wildman–Crippen MR) is 180 cm³/mol. The number of esters is 4. The van der Waals surface area contributed by atoms with E-state index in [2.05, 4.69) is 13.2 Å². The van der Waals surface area contributed by atoms with Gasteiger partial charge in [-0.1, -0.05) is 13.2 Å². The van der Waals surface area contributed by atoms with Crippen LogP contribution in [0.1, 0.15) is 77.0 Å². The third kappa shape index (κ3) is 14.4. The van der Waals surface area contributed by atoms with Crippen LogP contribution in [-0.4, -0.2) is 50.3 Å². The average Bonchev–Trinajstić information content (AvgIpc) is 3.12. The third-order valence-corrected chi connectivity index (χ3v) is 8.06. The topological polar surface area (TPSA) is 124 Å². The van der Waals surface area contributed by atoms with Crippen molar-refractivity contribution in [1.29, 1.82) is 0 Å². The number of unbranched alkanes of at least 4 members (excludes halogenated alkanes) is 6. The first kappa shape index (κ1) is 39.7. The SMILES string of the molecule is C=CC(=O)OCCCCCCOc1ccc(OC(=O)C2CCC(C(=O)Oc3ccc(OCCCCCCOC(=O)C=C)cc3F)CC2)c(F)c1. The molecule has 1 aliphatic rings. The van der Waals surface area contributed by atoms with Gasteiger partial charge in [-0.05, 0) is 101 Å². The number of hydrogen-bond acceptors (Lipinski definition) is 10. The zero-order valence-electron chi connectivity index (χ0n) is 28.3. The minimum Gasteiger partial charge on any atom is -0.493 e. The lowest BCUT2D eigenvalue weighted by molar-refractivity contribution is -0.145. The van der Waals surface area contributed by atoms with Crippen LogP contribution in [0.3, 0.4) is 0 Å². The van der Waals surface area contributed by atoms with Crippen molar-refractivity contribution in [3.05, 3.63) is 73.3 Å². The molecular weight excluding hydrogens is 654 g/mol. The summed E-state index contributed by atoms with van der Waals surface area (Å²) in [6, 6.07) is 8.08. The average molecular weight is 701 g/mol. The van der Waals surface area contributed by atoms with Gasteiger partial charge in [-0.2, -0.15) is 0 Å². The van der Waals surface area contributed by atoms with Gasteiger partial charge in [0, 0.05) is 24.3 Å². The summed E-state index contributed by atoms with van der Waals surface area (Å²) >= 11 is 0. The van der Waals surface area contributed by atoms with Crippen LogP contribution in [0.4, 0.5) is 8.78 Å². The predicted octanol–water partition coefficient (Wildman–Crippen LogP) is 7.62. The number of hydrogen-bond donors (Lipinski definition) is 0. The molecule has 0 heterocycles. The Morgan fingerprint density at radius 3 is 1.28 bits per heavy atom. The van der Waals surface area contributed by atoms with Crippen molar-refractivity contribution in [2.75, 3.05) is 26.4 Å². The lowest BCUT2D eigenvalue weighted by atomic mass is 9.82. The van der Waals surface area contributed by atoms with E-state index < -0.39 is 47.3 Å². The van der Waals surface area contributed by atoms with E-state index >= 15 is 0 Å². The molecule has 1 saturated carbocycles. The summed E-state index contributed by atoms with van der Waals surface area (Å²) in [6.07, 6.45) is 9.96. The van der Waals surface area contributed by atoms with E-state index in [1.54, 1.807) is 0 Å². The van der Waals surface area contributed by atoms with Gasteiger partial charge in [0.15, 0.2) is 23.1 Å². The first-order chi connectivity index (χ1) is 24.2. The summed E-state index contributed by atoms with van der Waals surface area (Å²) in [5.41, 5.74) is 0. The van der Waals surface area contributed by atoms with Gasteiger partial charge in [0.2, 0.25) is 0 Å². The lowest BCUT2D eigenvalue weighted by Gasteiger charge is -2.26. The van der Waals surface area contributed by atoms with Crippen LogP contribution >= 0.6 is 0 Å². The summed E-state index contributed by atoms with van der Waals surface area (Å²) in [7, 11) is 0. The molecule has 10 nitrogen and oxygen atoms in total. The normalized spacial score (nSPS) is 15.3. The summed E-state index contributed by atoms with van der Waals surface area (Å²) in [6.45, 7) is 8.11. The first-order valence-corrected chi connectivity index (χ1v) is 17.1. The van der Waals surface area contributed by atoms with Crippen molar-refractivity contribution in [1.82, 2.24) is 0 Å². The van der Waals surface area contributed by atoms with Crippen molar-refractivity contribution in [2.45, 2.75) is 77.0 Å². The first-order valence-electron chi connectivity index (χ1n) is 17.1. The highest BCUT2D eigenvalue weighted by Gasteiger charge is 2.33. The Balaban J connectivity index is 1.31. The molecule has 2 aromatic rings. The van der Waals surface area contributed by atoms with E-state index in [1.165, 1.54) is 36.4 Å². The van der Waals surface area contributed by atoms with Gasteiger partial charge < -0.3 is 28.4 Å². The number of halogens is 2. The summed E-state index contributed by atoms with van der Waals surface area (Å²) in [5, 5.41) is 0. The number of carbonyl (C=O) groups excluding carboxylic acids is 4. The van der Waals surface area contributed by atoms with E-state index in [1.807, 2.05) is 0 Å². The molecule has 0 saturated heterocycles. The van der Waals surface area contributed by atoms with Crippen LogP contribution in [-0.2, 0) is 28.7 Å². The molecule has 1 fully saturated rings. The van der Waals surface area contributed by atoms with Gasteiger partial charge in [-0.15, -0.1) is 0 Å². The standard InChI is InChI=1S/C38H46F2O10/c1-3-35(41)47-23-11-7-5-9-21-45-29-17-19-33(31(39)25-29)49-37(43)27-13-15-28(16-14-27)38(44)50-34-20-18-30(26-32(34)40)46-22-10-6-8-12-24-48-36(42)4-2/h3-4,17-20,25-28H,1-2,5-16,21-24H2. The smallest absolute Gasteiger partial charge is 0.330 e. The second-order valence-corrected chi connectivity index (χ2v) is 11.8. The molecule has 0 atom stereocenters. The van der Waals surface area contributed by atoms with E-state index in [9.17, 15) is 28.0 Å². The van der Waals surface area contributed by atoms with Crippen molar-refractivity contribution in [2.24, 2.45) is 11.8 Å². The van der Waals surface area contributed by atoms with Gasteiger partial charge in [-0.25, -0.2) is 18.4 Å². The Labute approximate surface area is 291 Å². The summed E-state index contributed by atoms with van der Waals surface area (Å²) < 4.78 is 61.0. The summed E-state index contributed by atoms with van der Waals surface area (Å²) in [4.78, 5) is 47.5. The molecule has 0 unspecified atom stereocenters. The zero-order valence-corrected chi connectivity index (χ0v) is 28.3. The molecule has 3 rings (SSSR count). The molecule has 272 valence electrons.